The van der Waals surface area contributed by atoms with E-state index in [4.69, 9.17) is 4.99 Å². The van der Waals surface area contributed by atoms with Crippen LogP contribution in [0.25, 0.3) is 5.69 Å². The zero-order valence-corrected chi connectivity index (χ0v) is 17.5. The number of piperazine rings is 1. The highest BCUT2D eigenvalue weighted by molar-refractivity contribution is 5.80. The number of aromatic nitrogens is 3. The summed E-state index contributed by atoms with van der Waals surface area (Å²) in [6.45, 7) is 7.56. The predicted molar refractivity (Wildman–Crippen MR) is 121 cm³/mol. The van der Waals surface area contributed by atoms with E-state index >= 15 is 0 Å². The molecular weight excluding hydrogens is 374 g/mol. The average Bonchev–Trinajstić information content (AvgIpc) is 3.35. The van der Waals surface area contributed by atoms with Gasteiger partial charge < -0.3 is 15.1 Å². The lowest BCUT2D eigenvalue weighted by Crippen LogP contribution is -2.52. The maximum atomic E-state index is 4.88. The van der Waals surface area contributed by atoms with E-state index in [2.05, 4.69) is 62.5 Å². The smallest absolute Gasteiger partial charge is 0.194 e. The van der Waals surface area contributed by atoms with Gasteiger partial charge in [0.25, 0.3) is 0 Å². The fraction of sp³-hybridized carbons (Fsp3) is 0.348. The van der Waals surface area contributed by atoms with Crippen molar-refractivity contribution >= 4 is 11.8 Å². The van der Waals surface area contributed by atoms with E-state index in [-0.39, 0.29) is 0 Å². The summed E-state index contributed by atoms with van der Waals surface area (Å²) >= 11 is 0. The molecule has 0 spiro atoms. The summed E-state index contributed by atoms with van der Waals surface area (Å²) < 4.78 is 1.87. The summed E-state index contributed by atoms with van der Waals surface area (Å²) in [6, 6.07) is 16.5. The highest BCUT2D eigenvalue weighted by atomic mass is 15.4. The van der Waals surface area contributed by atoms with Crippen molar-refractivity contribution in [3.63, 3.8) is 0 Å². The zero-order chi connectivity index (χ0) is 20.6. The molecular formula is C23H29N7. The topological polar surface area (TPSA) is 61.6 Å². The molecule has 0 unspecified atom stereocenters. The van der Waals surface area contributed by atoms with Crippen LogP contribution < -0.4 is 10.2 Å². The van der Waals surface area contributed by atoms with Gasteiger partial charge in [-0.1, -0.05) is 18.2 Å². The molecule has 7 heteroatoms. The Kier molecular flexibility index (Phi) is 6.59. The quantitative estimate of drug-likeness (QED) is 0.506. The summed E-state index contributed by atoms with van der Waals surface area (Å²) in [7, 11) is 0. The number of nitrogens with zero attached hydrogens (tertiary/aromatic N) is 6. The Hall–Kier alpha value is -3.35. The van der Waals surface area contributed by atoms with Crippen molar-refractivity contribution in [2.75, 3.05) is 44.2 Å². The first-order valence-electron chi connectivity index (χ1n) is 10.6. The van der Waals surface area contributed by atoms with Gasteiger partial charge >= 0.3 is 0 Å². The van der Waals surface area contributed by atoms with Crippen molar-refractivity contribution in [2.24, 2.45) is 4.99 Å². The van der Waals surface area contributed by atoms with Gasteiger partial charge in [0.1, 0.15) is 5.82 Å². The van der Waals surface area contributed by atoms with Gasteiger partial charge in [0, 0.05) is 57.9 Å². The number of aliphatic imine (C=N–C) groups is 1. The second-order valence-corrected chi connectivity index (χ2v) is 7.26. The molecule has 0 bridgehead atoms. The third-order valence-corrected chi connectivity index (χ3v) is 5.25. The molecule has 0 aliphatic carbocycles. The van der Waals surface area contributed by atoms with Gasteiger partial charge in [-0.15, -0.1) is 0 Å². The summed E-state index contributed by atoms with van der Waals surface area (Å²) in [5, 5.41) is 7.72. The molecule has 0 amide bonds. The Labute approximate surface area is 178 Å². The lowest BCUT2D eigenvalue weighted by Gasteiger charge is -2.37. The molecule has 156 valence electrons. The van der Waals surface area contributed by atoms with Crippen molar-refractivity contribution in [1.29, 1.82) is 0 Å². The number of rotatable bonds is 6. The lowest BCUT2D eigenvalue weighted by atomic mass is 10.1. The lowest BCUT2D eigenvalue weighted by molar-refractivity contribution is 0.371. The number of hydrogen-bond donors (Lipinski definition) is 1. The highest BCUT2D eigenvalue weighted by Gasteiger charge is 2.20. The number of benzene rings is 1. The van der Waals surface area contributed by atoms with Crippen molar-refractivity contribution in [3.05, 3.63) is 72.7 Å². The molecule has 4 rings (SSSR count). The second kappa shape index (κ2) is 9.91. The minimum absolute atomic E-state index is 0.768. The summed E-state index contributed by atoms with van der Waals surface area (Å²) in [4.78, 5) is 14.0. The molecule has 1 N–H and O–H groups in total. The van der Waals surface area contributed by atoms with E-state index in [1.165, 1.54) is 5.56 Å². The first-order chi connectivity index (χ1) is 14.8. The molecule has 30 heavy (non-hydrogen) atoms. The Morgan fingerprint density at radius 2 is 1.83 bits per heavy atom. The van der Waals surface area contributed by atoms with E-state index in [0.717, 1.165) is 63.2 Å². The Morgan fingerprint density at radius 3 is 2.50 bits per heavy atom. The third kappa shape index (κ3) is 4.97. The van der Waals surface area contributed by atoms with Gasteiger partial charge in [0.05, 0.1) is 5.69 Å². The van der Waals surface area contributed by atoms with Crippen molar-refractivity contribution in [3.8, 4) is 5.69 Å². The Balaban J connectivity index is 1.32. The highest BCUT2D eigenvalue weighted by Crippen LogP contribution is 2.13. The van der Waals surface area contributed by atoms with Crippen LogP contribution in [0.1, 0.15) is 12.5 Å². The number of nitrogens with one attached hydrogen (secondary N) is 1. The normalized spacial score (nSPS) is 14.8. The van der Waals surface area contributed by atoms with Crippen LogP contribution in [-0.2, 0) is 6.42 Å². The minimum Gasteiger partial charge on any atom is -0.357 e. The largest absolute Gasteiger partial charge is 0.357 e. The van der Waals surface area contributed by atoms with Gasteiger partial charge in [-0.3, -0.25) is 4.99 Å². The maximum absolute atomic E-state index is 4.88. The maximum Gasteiger partial charge on any atom is 0.194 e. The van der Waals surface area contributed by atoms with Gasteiger partial charge in [-0.25, -0.2) is 9.67 Å². The van der Waals surface area contributed by atoms with E-state index in [1.54, 1.807) is 6.20 Å². The third-order valence-electron chi connectivity index (χ3n) is 5.25. The summed E-state index contributed by atoms with van der Waals surface area (Å²) in [5.41, 5.74) is 2.36. The Bertz CT molecular complexity index is 912. The van der Waals surface area contributed by atoms with E-state index in [9.17, 15) is 0 Å². The van der Waals surface area contributed by atoms with Crippen LogP contribution in [-0.4, -0.2) is 64.9 Å². The molecule has 1 saturated heterocycles. The van der Waals surface area contributed by atoms with Gasteiger partial charge in [-0.2, -0.15) is 5.10 Å². The van der Waals surface area contributed by atoms with Crippen LogP contribution in [0.5, 0.6) is 0 Å². The van der Waals surface area contributed by atoms with Gasteiger partial charge in [-0.05, 0) is 49.2 Å². The molecule has 1 aliphatic heterocycles. The molecule has 0 atom stereocenters. The van der Waals surface area contributed by atoms with Crippen molar-refractivity contribution in [1.82, 2.24) is 25.0 Å². The molecule has 2 aromatic heterocycles. The fourth-order valence-corrected chi connectivity index (χ4v) is 3.64. The number of anilines is 1. The van der Waals surface area contributed by atoms with Crippen molar-refractivity contribution in [2.45, 2.75) is 13.3 Å². The Morgan fingerprint density at radius 1 is 1.00 bits per heavy atom. The monoisotopic (exact) mass is 403 g/mol. The molecule has 0 radical (unpaired) electrons. The van der Waals surface area contributed by atoms with Crippen LogP contribution in [0.4, 0.5) is 5.82 Å². The van der Waals surface area contributed by atoms with Crippen LogP contribution in [0.3, 0.4) is 0 Å². The molecule has 1 fully saturated rings. The SMILES string of the molecule is CCNC(=NCCc1ccc(-n2cccn2)cc1)N1CCN(c2ccccn2)CC1. The number of guanidine groups is 1. The molecule has 0 saturated carbocycles. The molecule has 1 aromatic carbocycles. The van der Waals surface area contributed by atoms with E-state index in [0.29, 0.717) is 0 Å². The van der Waals surface area contributed by atoms with E-state index < -0.39 is 0 Å². The molecule has 7 nitrogen and oxygen atoms in total. The molecule has 3 heterocycles. The van der Waals surface area contributed by atoms with Crippen LogP contribution >= 0.6 is 0 Å². The van der Waals surface area contributed by atoms with Crippen LogP contribution in [0, 0.1) is 0 Å². The van der Waals surface area contributed by atoms with Crippen molar-refractivity contribution < 1.29 is 0 Å². The van der Waals surface area contributed by atoms with Gasteiger partial charge in [0.15, 0.2) is 5.96 Å². The van der Waals surface area contributed by atoms with Gasteiger partial charge in [0.2, 0.25) is 0 Å². The molecule has 1 aliphatic rings. The average molecular weight is 404 g/mol. The summed E-state index contributed by atoms with van der Waals surface area (Å²) in [6.07, 6.45) is 6.52. The van der Waals surface area contributed by atoms with E-state index in [1.807, 2.05) is 35.3 Å². The standard InChI is InChI=1S/C23H29N7/c1-2-24-23(29-18-16-28(17-19-29)22-6-3-4-12-25-22)26-14-11-20-7-9-21(10-8-20)30-15-5-13-27-30/h3-10,12-13,15H,2,11,14,16-19H2,1H3,(H,24,26). The fourth-order valence-electron chi connectivity index (χ4n) is 3.64. The first-order valence-corrected chi connectivity index (χ1v) is 10.6. The second-order valence-electron chi connectivity index (χ2n) is 7.26. The zero-order valence-electron chi connectivity index (χ0n) is 17.5. The molecule has 3 aromatic rings. The van der Waals surface area contributed by atoms with Crippen LogP contribution in [0.2, 0.25) is 0 Å². The predicted octanol–water partition coefficient (Wildman–Crippen LogP) is 2.60. The minimum atomic E-state index is 0.768. The number of pyridine rings is 1. The first kappa shape index (κ1) is 19.9. The summed E-state index contributed by atoms with van der Waals surface area (Å²) in [5.74, 6) is 2.06. The van der Waals surface area contributed by atoms with Crippen LogP contribution in [0.15, 0.2) is 72.1 Å². The number of hydrogen-bond acceptors (Lipinski definition) is 4.